The van der Waals surface area contributed by atoms with E-state index in [0.29, 0.717) is 12.2 Å². The van der Waals surface area contributed by atoms with E-state index >= 15 is 0 Å². The first-order chi connectivity index (χ1) is 4.97. The highest BCUT2D eigenvalue weighted by atomic mass is 16.6. The van der Waals surface area contributed by atoms with Crippen LogP contribution in [0, 0.1) is 0 Å². The van der Waals surface area contributed by atoms with Crippen LogP contribution in [0.4, 0.5) is 0 Å². The third-order valence-corrected chi connectivity index (χ3v) is 1.88. The minimum absolute atomic E-state index is 0.454. The molecule has 2 heterocycles. The van der Waals surface area contributed by atoms with Gasteiger partial charge in [-0.3, -0.25) is 0 Å². The molecule has 2 saturated heterocycles. The van der Waals surface area contributed by atoms with Crippen LogP contribution in [0.5, 0.6) is 0 Å². The van der Waals surface area contributed by atoms with Gasteiger partial charge < -0.3 is 9.47 Å². The van der Waals surface area contributed by atoms with Gasteiger partial charge in [0.05, 0.1) is 12.2 Å². The summed E-state index contributed by atoms with van der Waals surface area (Å²) in [4.78, 5) is 0. The predicted octanol–water partition coefficient (Wildman–Crippen LogP) is 1.59. The van der Waals surface area contributed by atoms with Gasteiger partial charge in [0.2, 0.25) is 0 Å². The maximum Gasteiger partial charge on any atom is 0.0859 e. The van der Waals surface area contributed by atoms with Crippen molar-refractivity contribution in [2.45, 2.75) is 38.9 Å². The molecule has 0 aromatic rings. The van der Waals surface area contributed by atoms with E-state index in [9.17, 15) is 0 Å². The number of rotatable bonds is 0. The molecule has 2 aliphatic heterocycles. The third kappa shape index (κ3) is 1.50. The van der Waals surface area contributed by atoms with Crippen LogP contribution in [0.1, 0.15) is 26.7 Å². The molecular formula is C8H16O2. The topological polar surface area (TPSA) is 18.5 Å². The van der Waals surface area contributed by atoms with Crippen molar-refractivity contribution in [3.8, 4) is 0 Å². The van der Waals surface area contributed by atoms with Crippen LogP contribution in [0.15, 0.2) is 0 Å². The first kappa shape index (κ1) is 8.02. The molecule has 0 aromatic carbocycles. The van der Waals surface area contributed by atoms with Crippen LogP contribution in [-0.4, -0.2) is 25.4 Å². The summed E-state index contributed by atoms with van der Waals surface area (Å²) in [5.41, 5.74) is 0. The number of ether oxygens (including phenoxy) is 2. The standard InChI is InChI=1S/C6H10O2.C2H6/c1-3-7-6-2-4-8-5(1)6;1-2/h5-6H,1-4H2;1-2H3. The molecule has 2 unspecified atom stereocenters. The van der Waals surface area contributed by atoms with E-state index in [2.05, 4.69) is 0 Å². The van der Waals surface area contributed by atoms with Crippen molar-refractivity contribution >= 4 is 0 Å². The Morgan fingerprint density at radius 2 is 1.30 bits per heavy atom. The van der Waals surface area contributed by atoms with Crippen LogP contribution in [-0.2, 0) is 9.47 Å². The number of hydrogen-bond donors (Lipinski definition) is 0. The molecule has 2 aliphatic rings. The fourth-order valence-electron chi connectivity index (χ4n) is 1.42. The molecule has 2 rings (SSSR count). The van der Waals surface area contributed by atoms with Crippen molar-refractivity contribution in [2.75, 3.05) is 13.2 Å². The van der Waals surface area contributed by atoms with E-state index in [1.807, 2.05) is 13.8 Å². The van der Waals surface area contributed by atoms with Crippen molar-refractivity contribution in [3.63, 3.8) is 0 Å². The maximum absolute atomic E-state index is 5.35. The highest BCUT2D eigenvalue weighted by Crippen LogP contribution is 2.25. The zero-order chi connectivity index (χ0) is 7.40. The highest BCUT2D eigenvalue weighted by molar-refractivity contribution is 4.81. The van der Waals surface area contributed by atoms with E-state index in [4.69, 9.17) is 9.47 Å². The Balaban J connectivity index is 0.000000231. The average molecular weight is 144 g/mol. The molecule has 0 radical (unpaired) electrons. The zero-order valence-electron chi connectivity index (χ0n) is 6.80. The van der Waals surface area contributed by atoms with Crippen LogP contribution in [0.2, 0.25) is 0 Å². The normalized spacial score (nSPS) is 36.6. The smallest absolute Gasteiger partial charge is 0.0859 e. The predicted molar refractivity (Wildman–Crippen MR) is 40.1 cm³/mol. The lowest BCUT2D eigenvalue weighted by atomic mass is 10.2. The Bertz CT molecular complexity index is 73.3. The summed E-state index contributed by atoms with van der Waals surface area (Å²) in [6, 6.07) is 0. The lowest BCUT2D eigenvalue weighted by Gasteiger charge is -2.03. The van der Waals surface area contributed by atoms with E-state index in [-0.39, 0.29) is 0 Å². The van der Waals surface area contributed by atoms with E-state index in [1.165, 1.54) is 0 Å². The average Bonchev–Trinajstić information content (AvgIpc) is 2.49. The number of fused-ring (bicyclic) bond motifs is 1. The van der Waals surface area contributed by atoms with Crippen molar-refractivity contribution in [3.05, 3.63) is 0 Å². The monoisotopic (exact) mass is 144 g/mol. The molecule has 2 atom stereocenters. The lowest BCUT2D eigenvalue weighted by molar-refractivity contribution is 0.0732. The Morgan fingerprint density at radius 1 is 0.900 bits per heavy atom. The van der Waals surface area contributed by atoms with Gasteiger partial charge in [0.25, 0.3) is 0 Å². The first-order valence-electron chi connectivity index (χ1n) is 4.20. The Morgan fingerprint density at radius 3 is 1.70 bits per heavy atom. The fraction of sp³-hybridized carbons (Fsp3) is 1.00. The lowest BCUT2D eigenvalue weighted by Crippen LogP contribution is -2.13. The molecule has 2 fully saturated rings. The van der Waals surface area contributed by atoms with Crippen LogP contribution in [0.25, 0.3) is 0 Å². The van der Waals surface area contributed by atoms with Crippen LogP contribution >= 0.6 is 0 Å². The fourth-order valence-corrected chi connectivity index (χ4v) is 1.42. The van der Waals surface area contributed by atoms with Gasteiger partial charge in [0.1, 0.15) is 0 Å². The molecule has 0 amide bonds. The zero-order valence-corrected chi connectivity index (χ0v) is 6.80. The van der Waals surface area contributed by atoms with Crippen LogP contribution in [0.3, 0.4) is 0 Å². The summed E-state index contributed by atoms with van der Waals surface area (Å²) < 4.78 is 10.7. The van der Waals surface area contributed by atoms with E-state index < -0.39 is 0 Å². The van der Waals surface area contributed by atoms with Gasteiger partial charge >= 0.3 is 0 Å². The summed E-state index contributed by atoms with van der Waals surface area (Å²) in [5.74, 6) is 0. The highest BCUT2D eigenvalue weighted by Gasteiger charge is 2.33. The van der Waals surface area contributed by atoms with Gasteiger partial charge in [-0.05, 0) is 12.8 Å². The SMILES string of the molecule is C1CC2OCCC2O1.CC. The van der Waals surface area contributed by atoms with E-state index in [0.717, 1.165) is 26.1 Å². The van der Waals surface area contributed by atoms with Crippen molar-refractivity contribution in [1.82, 2.24) is 0 Å². The second-order valence-corrected chi connectivity index (χ2v) is 2.40. The summed E-state index contributed by atoms with van der Waals surface area (Å²) in [6.45, 7) is 5.82. The van der Waals surface area contributed by atoms with Gasteiger partial charge in [-0.1, -0.05) is 13.8 Å². The Kier molecular flexibility index (Phi) is 3.16. The van der Waals surface area contributed by atoms with Gasteiger partial charge in [-0.15, -0.1) is 0 Å². The van der Waals surface area contributed by atoms with Gasteiger partial charge in [-0.25, -0.2) is 0 Å². The van der Waals surface area contributed by atoms with E-state index in [1.54, 1.807) is 0 Å². The van der Waals surface area contributed by atoms with Crippen molar-refractivity contribution in [2.24, 2.45) is 0 Å². The summed E-state index contributed by atoms with van der Waals surface area (Å²) in [5, 5.41) is 0. The third-order valence-electron chi connectivity index (χ3n) is 1.88. The molecule has 60 valence electrons. The number of hydrogen-bond acceptors (Lipinski definition) is 2. The molecule has 10 heavy (non-hydrogen) atoms. The van der Waals surface area contributed by atoms with Gasteiger partial charge in [0.15, 0.2) is 0 Å². The largest absolute Gasteiger partial charge is 0.375 e. The molecule has 0 aromatic heterocycles. The van der Waals surface area contributed by atoms with Crippen LogP contribution < -0.4 is 0 Å². The molecule has 0 bridgehead atoms. The minimum Gasteiger partial charge on any atom is -0.375 e. The molecule has 0 spiro atoms. The molecule has 0 N–H and O–H groups in total. The maximum atomic E-state index is 5.35. The molecule has 0 aliphatic carbocycles. The van der Waals surface area contributed by atoms with Gasteiger partial charge in [0, 0.05) is 13.2 Å². The second kappa shape index (κ2) is 3.94. The van der Waals surface area contributed by atoms with Crippen molar-refractivity contribution < 1.29 is 9.47 Å². The Hall–Kier alpha value is -0.0800. The van der Waals surface area contributed by atoms with Crippen molar-refractivity contribution in [1.29, 1.82) is 0 Å². The summed E-state index contributed by atoms with van der Waals surface area (Å²) >= 11 is 0. The van der Waals surface area contributed by atoms with Gasteiger partial charge in [-0.2, -0.15) is 0 Å². The molecule has 0 saturated carbocycles. The molecule has 2 heteroatoms. The molecule has 2 nitrogen and oxygen atoms in total. The first-order valence-corrected chi connectivity index (χ1v) is 4.20. The molecular weight excluding hydrogens is 128 g/mol. The Labute approximate surface area is 62.5 Å². The summed E-state index contributed by atoms with van der Waals surface area (Å²) in [7, 11) is 0. The summed E-state index contributed by atoms with van der Waals surface area (Å²) in [6.07, 6.45) is 3.14. The quantitative estimate of drug-likeness (QED) is 0.514. The second-order valence-electron chi connectivity index (χ2n) is 2.40. The minimum atomic E-state index is 0.454.